The smallest absolute Gasteiger partial charge is 0.214 e. The van der Waals surface area contributed by atoms with Crippen molar-refractivity contribution in [2.75, 3.05) is 0 Å². The summed E-state index contributed by atoms with van der Waals surface area (Å²) in [7, 11) is 0. The van der Waals surface area contributed by atoms with Gasteiger partial charge in [-0.1, -0.05) is 42.1 Å². The van der Waals surface area contributed by atoms with E-state index in [4.69, 9.17) is 0 Å². The lowest BCUT2D eigenvalue weighted by atomic mass is 10.2. The van der Waals surface area contributed by atoms with Gasteiger partial charge >= 0.3 is 0 Å². The molecule has 2 aromatic carbocycles. The maximum atomic E-state index is 10.7. The number of hydrogen-bond acceptors (Lipinski definition) is 8. The Morgan fingerprint density at radius 1 is 1.18 bits per heavy atom. The first-order valence-electron chi connectivity index (χ1n) is 8.37. The van der Waals surface area contributed by atoms with Gasteiger partial charge in [0.1, 0.15) is 22.4 Å². The molecule has 4 aromatic rings. The predicted molar refractivity (Wildman–Crippen MR) is 109 cm³/mol. The van der Waals surface area contributed by atoms with Crippen LogP contribution >= 0.6 is 23.1 Å². The number of thioether (sulfide) groups is 1. The number of para-hydroxylation sites is 2. The molecular weight excluding hydrogens is 392 g/mol. The Kier molecular flexibility index (Phi) is 5.06. The molecule has 2 heterocycles. The van der Waals surface area contributed by atoms with E-state index in [1.165, 1.54) is 23.1 Å². The number of hydrogen-bond donors (Lipinski definition) is 1. The van der Waals surface area contributed by atoms with Crippen LogP contribution in [0, 0.1) is 11.3 Å². The van der Waals surface area contributed by atoms with Gasteiger partial charge in [0.2, 0.25) is 5.16 Å². The number of aliphatic hydroxyl groups excluding tert-OH is 1. The zero-order valence-corrected chi connectivity index (χ0v) is 16.4. The predicted octanol–water partition coefficient (Wildman–Crippen LogP) is 4.25. The maximum Gasteiger partial charge on any atom is 0.214 e. The molecule has 0 amide bonds. The molecule has 0 aliphatic rings. The minimum atomic E-state index is -0.435. The van der Waals surface area contributed by atoms with Crippen molar-refractivity contribution in [2.24, 2.45) is 0 Å². The van der Waals surface area contributed by atoms with Crippen LogP contribution in [0.25, 0.3) is 21.5 Å². The van der Waals surface area contributed by atoms with E-state index in [2.05, 4.69) is 26.6 Å². The Labute approximate surface area is 169 Å². The first-order chi connectivity index (χ1) is 13.7. The van der Waals surface area contributed by atoms with Crippen LogP contribution in [0.2, 0.25) is 0 Å². The third kappa shape index (κ3) is 3.47. The molecule has 0 saturated carbocycles. The SMILES string of the molecule is CC(Sc1nnnn1-c1ccccc1)C(O)=C(C#N)c1nc2ccccc2s1. The lowest BCUT2D eigenvalue weighted by Crippen LogP contribution is -2.07. The zero-order chi connectivity index (χ0) is 19.5. The molecule has 0 aliphatic carbocycles. The summed E-state index contributed by atoms with van der Waals surface area (Å²) < 4.78 is 2.56. The number of nitrogens with zero attached hydrogens (tertiary/aromatic N) is 6. The van der Waals surface area contributed by atoms with Crippen molar-refractivity contribution in [1.82, 2.24) is 25.2 Å². The number of thiazole rings is 1. The molecule has 0 aliphatic heterocycles. The molecule has 0 fully saturated rings. The molecule has 0 spiro atoms. The topological polar surface area (TPSA) is 101 Å². The Morgan fingerprint density at radius 3 is 2.68 bits per heavy atom. The normalized spacial score (nSPS) is 13.1. The molecule has 2 aromatic heterocycles. The van der Waals surface area contributed by atoms with Crippen molar-refractivity contribution < 1.29 is 5.11 Å². The number of benzene rings is 2. The van der Waals surface area contributed by atoms with Gasteiger partial charge in [0.15, 0.2) is 0 Å². The molecule has 9 heteroatoms. The first kappa shape index (κ1) is 18.2. The first-order valence-corrected chi connectivity index (χ1v) is 10.1. The molecule has 0 bridgehead atoms. The molecule has 1 atom stereocenters. The molecule has 7 nitrogen and oxygen atoms in total. The second-order valence-corrected chi connectivity index (χ2v) is 8.17. The van der Waals surface area contributed by atoms with Gasteiger partial charge in [-0.2, -0.15) is 9.94 Å². The highest BCUT2D eigenvalue weighted by atomic mass is 32.2. The van der Waals surface area contributed by atoms with E-state index in [1.807, 2.05) is 54.6 Å². The molecule has 1 N–H and O–H groups in total. The van der Waals surface area contributed by atoms with Gasteiger partial charge in [0, 0.05) is 0 Å². The second kappa shape index (κ2) is 7.80. The quantitative estimate of drug-likeness (QED) is 0.300. The molecule has 0 saturated heterocycles. The minimum Gasteiger partial charge on any atom is -0.510 e. The molecule has 1 unspecified atom stereocenters. The summed E-state index contributed by atoms with van der Waals surface area (Å²) in [5, 5.41) is 32.7. The molecule has 0 radical (unpaired) electrons. The summed E-state index contributed by atoms with van der Waals surface area (Å²) in [6.07, 6.45) is 0. The average molecular weight is 406 g/mol. The lowest BCUT2D eigenvalue weighted by molar-refractivity contribution is 0.402. The summed E-state index contributed by atoms with van der Waals surface area (Å²) in [4.78, 5) is 4.47. The molecule has 138 valence electrons. The summed E-state index contributed by atoms with van der Waals surface area (Å²) in [6.45, 7) is 1.80. The fraction of sp³-hybridized carbons (Fsp3) is 0.105. The maximum absolute atomic E-state index is 10.7. The number of fused-ring (bicyclic) bond motifs is 1. The summed E-state index contributed by atoms with van der Waals surface area (Å²) >= 11 is 2.65. The van der Waals surface area contributed by atoms with Gasteiger partial charge in [0.05, 0.1) is 21.2 Å². The van der Waals surface area contributed by atoms with Crippen LogP contribution in [0.5, 0.6) is 0 Å². The molecule has 28 heavy (non-hydrogen) atoms. The van der Waals surface area contributed by atoms with Crippen molar-refractivity contribution in [3.8, 4) is 11.8 Å². The van der Waals surface area contributed by atoms with Gasteiger partial charge in [-0.15, -0.1) is 16.4 Å². The summed E-state index contributed by atoms with van der Waals surface area (Å²) in [5.41, 5.74) is 1.79. The standard InChI is InChI=1S/C19H14N6OS2/c1-12(27-19-22-23-24-25(19)13-7-3-2-4-8-13)17(26)14(11-20)18-21-15-9-5-6-10-16(15)28-18/h2-10,12,26H,1H3. The van der Waals surface area contributed by atoms with Crippen LogP contribution in [0.1, 0.15) is 11.9 Å². The third-order valence-electron chi connectivity index (χ3n) is 3.98. The molecular formula is C19H14N6OS2. The summed E-state index contributed by atoms with van der Waals surface area (Å²) in [6, 6.07) is 19.2. The number of tetrazole rings is 1. The highest BCUT2D eigenvalue weighted by Crippen LogP contribution is 2.33. The van der Waals surface area contributed by atoms with Crippen LogP contribution in [0.15, 0.2) is 65.5 Å². The third-order valence-corrected chi connectivity index (χ3v) is 6.08. The number of rotatable bonds is 5. The average Bonchev–Trinajstić information content (AvgIpc) is 3.35. The Balaban J connectivity index is 1.65. The molecule has 4 rings (SSSR count). The van der Waals surface area contributed by atoms with Gasteiger partial charge in [-0.05, 0) is 41.6 Å². The highest BCUT2D eigenvalue weighted by Gasteiger charge is 2.22. The van der Waals surface area contributed by atoms with Crippen LogP contribution in [-0.2, 0) is 0 Å². The van der Waals surface area contributed by atoms with Crippen LogP contribution < -0.4 is 0 Å². The van der Waals surface area contributed by atoms with Gasteiger partial charge < -0.3 is 5.11 Å². The van der Waals surface area contributed by atoms with Crippen molar-refractivity contribution in [3.05, 3.63) is 65.4 Å². The van der Waals surface area contributed by atoms with Gasteiger partial charge in [-0.3, -0.25) is 0 Å². The van der Waals surface area contributed by atoms with Crippen LogP contribution in [-0.4, -0.2) is 35.5 Å². The fourth-order valence-corrected chi connectivity index (χ4v) is 4.44. The van der Waals surface area contributed by atoms with E-state index < -0.39 is 5.25 Å². The van der Waals surface area contributed by atoms with Crippen molar-refractivity contribution >= 4 is 38.9 Å². The van der Waals surface area contributed by atoms with E-state index in [0.717, 1.165) is 15.9 Å². The summed E-state index contributed by atoms with van der Waals surface area (Å²) in [5.74, 6) is -0.0471. The number of nitriles is 1. The van der Waals surface area contributed by atoms with Gasteiger partial charge in [-0.25, -0.2) is 4.98 Å². The Morgan fingerprint density at radius 2 is 1.93 bits per heavy atom. The largest absolute Gasteiger partial charge is 0.510 e. The van der Waals surface area contributed by atoms with Crippen LogP contribution in [0.4, 0.5) is 0 Å². The lowest BCUT2D eigenvalue weighted by Gasteiger charge is -2.11. The fourth-order valence-electron chi connectivity index (χ4n) is 2.59. The number of aliphatic hydroxyl groups is 1. The van der Waals surface area contributed by atoms with Crippen LogP contribution in [0.3, 0.4) is 0 Å². The van der Waals surface area contributed by atoms with Crippen molar-refractivity contribution in [3.63, 3.8) is 0 Å². The monoisotopic (exact) mass is 406 g/mol. The van der Waals surface area contributed by atoms with Crippen molar-refractivity contribution in [1.29, 1.82) is 5.26 Å². The van der Waals surface area contributed by atoms with E-state index >= 15 is 0 Å². The van der Waals surface area contributed by atoms with E-state index in [0.29, 0.717) is 10.2 Å². The van der Waals surface area contributed by atoms with Crippen molar-refractivity contribution in [2.45, 2.75) is 17.3 Å². The zero-order valence-electron chi connectivity index (χ0n) is 14.7. The highest BCUT2D eigenvalue weighted by molar-refractivity contribution is 7.99. The van der Waals surface area contributed by atoms with E-state index in [-0.39, 0.29) is 11.3 Å². The van der Waals surface area contributed by atoms with E-state index in [1.54, 1.807) is 11.6 Å². The Bertz CT molecular complexity index is 1160. The Hall–Kier alpha value is -3.22. The van der Waals surface area contributed by atoms with Gasteiger partial charge in [0.25, 0.3) is 0 Å². The number of aromatic nitrogens is 5. The second-order valence-electron chi connectivity index (χ2n) is 5.83. The van der Waals surface area contributed by atoms with E-state index in [9.17, 15) is 10.4 Å². The minimum absolute atomic E-state index is 0.0471. The number of allylic oxidation sites excluding steroid dienone is 1.